The Hall–Kier alpha value is -3.91. The van der Waals surface area contributed by atoms with Crippen molar-refractivity contribution in [1.82, 2.24) is 9.78 Å². The zero-order valence-corrected chi connectivity index (χ0v) is 18.9. The second-order valence-corrected chi connectivity index (χ2v) is 9.12. The average molecular weight is 455 g/mol. The van der Waals surface area contributed by atoms with E-state index in [9.17, 15) is 23.3 Å². The molecule has 0 fully saturated rings. The van der Waals surface area contributed by atoms with E-state index in [1.54, 1.807) is 12.1 Å². The molecule has 0 radical (unpaired) electrons. The maximum Gasteiger partial charge on any atom is 0.265 e. The van der Waals surface area contributed by atoms with Crippen LogP contribution in [0.3, 0.4) is 0 Å². The molecular weight excluding hydrogens is 434 g/mol. The Labute approximate surface area is 185 Å². The van der Waals surface area contributed by atoms with Gasteiger partial charge in [0.1, 0.15) is 23.0 Å². The first-order chi connectivity index (χ1) is 15.0. The van der Waals surface area contributed by atoms with Crippen LogP contribution in [0.5, 0.6) is 0 Å². The molecule has 32 heavy (non-hydrogen) atoms. The Morgan fingerprint density at radius 1 is 1.22 bits per heavy atom. The number of carbonyl (C=O) groups excluding carboxylic acids is 2. The molecule has 0 aliphatic heterocycles. The van der Waals surface area contributed by atoms with Gasteiger partial charge in [-0.2, -0.15) is 10.4 Å². The fourth-order valence-corrected chi connectivity index (χ4v) is 4.52. The molecule has 0 unspecified atom stereocenters. The van der Waals surface area contributed by atoms with Crippen LogP contribution in [0.4, 0.5) is 11.7 Å². The zero-order chi connectivity index (χ0) is 23.8. The number of furan rings is 1. The van der Waals surface area contributed by atoms with Gasteiger partial charge >= 0.3 is 0 Å². The fraction of sp³-hybridized carbons (Fsp3) is 0.238. The third kappa shape index (κ3) is 3.88. The van der Waals surface area contributed by atoms with Gasteiger partial charge in [-0.05, 0) is 32.9 Å². The standard InChI is InChI=1S/C21H21N5O5S/c1-12-6-8-15(9-7-12)32(29,30)26(5)21-17(11-23-25(21)4)19(28)24-20-16(10-22)18(13(2)27)14(3)31-20/h6-9,11H,1-5H3,(H,24,28). The van der Waals surface area contributed by atoms with Crippen molar-refractivity contribution in [3.8, 4) is 6.07 Å². The molecule has 0 aliphatic carbocycles. The van der Waals surface area contributed by atoms with Gasteiger partial charge in [-0.15, -0.1) is 0 Å². The van der Waals surface area contributed by atoms with Gasteiger partial charge in [-0.1, -0.05) is 17.7 Å². The number of nitrogens with zero attached hydrogens (tertiary/aromatic N) is 4. The SMILES string of the molecule is CC(=O)c1c(C)oc(NC(=O)c2cnn(C)c2N(C)S(=O)(=O)c2ccc(C)cc2)c1C#N. The van der Waals surface area contributed by atoms with E-state index in [2.05, 4.69) is 10.4 Å². The summed E-state index contributed by atoms with van der Waals surface area (Å²) >= 11 is 0. The lowest BCUT2D eigenvalue weighted by molar-refractivity contribution is 0.101. The van der Waals surface area contributed by atoms with Crippen molar-refractivity contribution in [2.45, 2.75) is 25.7 Å². The lowest BCUT2D eigenvalue weighted by atomic mass is 10.1. The minimum Gasteiger partial charge on any atom is -0.443 e. The second-order valence-electron chi connectivity index (χ2n) is 7.15. The molecule has 0 aliphatic rings. The molecule has 166 valence electrons. The minimum absolute atomic E-state index is 0.0108. The summed E-state index contributed by atoms with van der Waals surface area (Å²) in [4.78, 5) is 24.8. The number of nitriles is 1. The lowest BCUT2D eigenvalue weighted by Gasteiger charge is -2.20. The number of nitrogens with one attached hydrogen (secondary N) is 1. The molecule has 2 heterocycles. The summed E-state index contributed by atoms with van der Waals surface area (Å²) in [6.07, 6.45) is 1.21. The van der Waals surface area contributed by atoms with Crippen molar-refractivity contribution in [2.24, 2.45) is 7.05 Å². The smallest absolute Gasteiger partial charge is 0.265 e. The highest BCUT2D eigenvalue weighted by atomic mass is 32.2. The van der Waals surface area contributed by atoms with E-state index >= 15 is 0 Å². The predicted octanol–water partition coefficient (Wildman–Crippen LogP) is 2.78. The number of sulfonamides is 1. The number of ketones is 1. The highest BCUT2D eigenvalue weighted by molar-refractivity contribution is 7.92. The van der Waals surface area contributed by atoms with Gasteiger partial charge in [0.2, 0.25) is 5.88 Å². The fourth-order valence-electron chi connectivity index (χ4n) is 3.28. The maximum atomic E-state index is 13.1. The molecule has 0 atom stereocenters. The number of carbonyl (C=O) groups is 2. The predicted molar refractivity (Wildman–Crippen MR) is 116 cm³/mol. The van der Waals surface area contributed by atoms with Crippen molar-refractivity contribution in [1.29, 1.82) is 5.26 Å². The van der Waals surface area contributed by atoms with Crippen LogP contribution in [0.25, 0.3) is 0 Å². The summed E-state index contributed by atoms with van der Waals surface area (Å²) in [6, 6.07) is 8.16. The zero-order valence-electron chi connectivity index (χ0n) is 18.1. The van der Waals surface area contributed by atoms with Crippen LogP contribution in [0.2, 0.25) is 0 Å². The maximum absolute atomic E-state index is 13.1. The van der Waals surface area contributed by atoms with E-state index in [1.165, 1.54) is 51.0 Å². The third-order valence-corrected chi connectivity index (χ3v) is 6.67. The minimum atomic E-state index is -3.98. The van der Waals surface area contributed by atoms with Crippen LogP contribution in [0.15, 0.2) is 39.8 Å². The molecule has 1 aromatic carbocycles. The molecule has 10 nitrogen and oxygen atoms in total. The summed E-state index contributed by atoms with van der Waals surface area (Å²) < 4.78 is 33.8. The molecular formula is C21H21N5O5S. The summed E-state index contributed by atoms with van der Waals surface area (Å²) in [5.74, 6) is -1.13. The first-order valence-electron chi connectivity index (χ1n) is 9.42. The monoisotopic (exact) mass is 455 g/mol. The Morgan fingerprint density at radius 3 is 2.41 bits per heavy atom. The highest BCUT2D eigenvalue weighted by Crippen LogP contribution is 2.29. The number of hydrogen-bond donors (Lipinski definition) is 1. The van der Waals surface area contributed by atoms with E-state index in [1.807, 2.05) is 13.0 Å². The number of hydrogen-bond acceptors (Lipinski definition) is 7. The van der Waals surface area contributed by atoms with Crippen molar-refractivity contribution in [3.63, 3.8) is 0 Å². The van der Waals surface area contributed by atoms with E-state index < -0.39 is 15.9 Å². The van der Waals surface area contributed by atoms with Crippen LogP contribution >= 0.6 is 0 Å². The molecule has 3 rings (SSSR count). The molecule has 11 heteroatoms. The summed E-state index contributed by atoms with van der Waals surface area (Å²) in [5.41, 5.74) is 0.815. The highest BCUT2D eigenvalue weighted by Gasteiger charge is 2.30. The summed E-state index contributed by atoms with van der Waals surface area (Å²) in [7, 11) is -1.17. The van der Waals surface area contributed by atoms with E-state index in [4.69, 9.17) is 4.42 Å². The Kier molecular flexibility index (Phi) is 5.92. The number of benzene rings is 1. The Morgan fingerprint density at radius 2 is 1.84 bits per heavy atom. The molecule has 1 N–H and O–H groups in total. The van der Waals surface area contributed by atoms with Gasteiger partial charge in [0, 0.05) is 14.1 Å². The van der Waals surface area contributed by atoms with E-state index in [-0.39, 0.29) is 44.8 Å². The lowest BCUT2D eigenvalue weighted by Crippen LogP contribution is -2.30. The molecule has 0 bridgehead atoms. The second kappa shape index (κ2) is 8.32. The molecule has 0 spiro atoms. The number of aromatic nitrogens is 2. The molecule has 0 saturated heterocycles. The normalized spacial score (nSPS) is 11.1. The third-order valence-electron chi connectivity index (χ3n) is 4.90. The number of anilines is 2. The first-order valence-corrected chi connectivity index (χ1v) is 10.9. The van der Waals surface area contributed by atoms with Gasteiger partial charge < -0.3 is 4.42 Å². The summed E-state index contributed by atoms with van der Waals surface area (Å²) in [5, 5.41) is 15.9. The van der Waals surface area contributed by atoms with E-state index in [0.717, 1.165) is 9.87 Å². The number of rotatable bonds is 6. The average Bonchev–Trinajstić information content (AvgIpc) is 3.26. The molecule has 2 aromatic heterocycles. The van der Waals surface area contributed by atoms with Crippen LogP contribution in [-0.2, 0) is 17.1 Å². The Bertz CT molecular complexity index is 1360. The number of Topliss-reactive ketones (excluding diaryl/α,β-unsaturated/α-hetero) is 1. The van der Waals surface area contributed by atoms with Gasteiger partial charge in [0.25, 0.3) is 15.9 Å². The first kappa shape index (κ1) is 22.8. The van der Waals surface area contributed by atoms with Crippen LogP contribution in [-0.4, -0.2) is 36.9 Å². The van der Waals surface area contributed by atoms with Gasteiger partial charge in [0.15, 0.2) is 11.6 Å². The summed E-state index contributed by atoms with van der Waals surface area (Å²) in [6.45, 7) is 4.63. The van der Waals surface area contributed by atoms with Crippen LogP contribution < -0.4 is 9.62 Å². The van der Waals surface area contributed by atoms with Gasteiger partial charge in [0.05, 0.1) is 16.7 Å². The van der Waals surface area contributed by atoms with E-state index in [0.29, 0.717) is 0 Å². The van der Waals surface area contributed by atoms with Crippen molar-refractivity contribution >= 4 is 33.4 Å². The Balaban J connectivity index is 2.00. The largest absolute Gasteiger partial charge is 0.443 e. The van der Waals surface area contributed by atoms with Crippen LogP contribution in [0.1, 0.15) is 44.5 Å². The van der Waals surface area contributed by atoms with Crippen molar-refractivity contribution in [3.05, 3.63) is 58.5 Å². The van der Waals surface area contributed by atoms with Gasteiger partial charge in [-0.3, -0.25) is 23.9 Å². The molecule has 0 saturated carbocycles. The quantitative estimate of drug-likeness (QED) is 0.564. The van der Waals surface area contributed by atoms with Gasteiger partial charge in [-0.25, -0.2) is 8.42 Å². The topological polar surface area (TPSA) is 138 Å². The molecule has 1 amide bonds. The van der Waals surface area contributed by atoms with Crippen molar-refractivity contribution < 1.29 is 22.4 Å². The van der Waals surface area contributed by atoms with Crippen LogP contribution in [0, 0.1) is 25.2 Å². The number of amides is 1. The van der Waals surface area contributed by atoms with Crippen molar-refractivity contribution in [2.75, 3.05) is 16.7 Å². The number of aryl methyl sites for hydroxylation is 3. The molecule has 3 aromatic rings.